The summed E-state index contributed by atoms with van der Waals surface area (Å²) in [7, 11) is 5.78. The number of rotatable bonds is 5. The fourth-order valence-corrected chi connectivity index (χ4v) is 2.68. The van der Waals surface area contributed by atoms with Crippen molar-refractivity contribution >= 4 is 0 Å². The largest absolute Gasteiger partial charge is 0.496 e. The van der Waals surface area contributed by atoms with E-state index < -0.39 is 0 Å². The first kappa shape index (κ1) is 15.0. The molecule has 1 rings (SSSR count). The standard InChI is InChI=1S/C15H25NO2/c1-10-7-11(2)15(18-6)13(8-10)14(16(4)5)12(3)9-17/h7-8,12,14,17H,9H2,1-6H3. The van der Waals surface area contributed by atoms with Gasteiger partial charge in [-0.05, 0) is 39.4 Å². The van der Waals surface area contributed by atoms with Gasteiger partial charge in [0.05, 0.1) is 7.11 Å². The van der Waals surface area contributed by atoms with Crippen molar-refractivity contribution in [2.75, 3.05) is 27.8 Å². The molecule has 102 valence electrons. The third kappa shape index (κ3) is 3.03. The van der Waals surface area contributed by atoms with Gasteiger partial charge in [0.15, 0.2) is 0 Å². The Morgan fingerprint density at radius 2 is 1.89 bits per heavy atom. The van der Waals surface area contributed by atoms with Gasteiger partial charge < -0.3 is 14.7 Å². The van der Waals surface area contributed by atoms with Gasteiger partial charge in [-0.2, -0.15) is 0 Å². The van der Waals surface area contributed by atoms with E-state index in [4.69, 9.17) is 4.74 Å². The maximum absolute atomic E-state index is 9.45. The van der Waals surface area contributed by atoms with E-state index in [-0.39, 0.29) is 18.6 Å². The molecule has 0 amide bonds. The Morgan fingerprint density at radius 3 is 2.33 bits per heavy atom. The van der Waals surface area contributed by atoms with E-state index in [2.05, 4.69) is 37.8 Å². The highest BCUT2D eigenvalue weighted by atomic mass is 16.5. The van der Waals surface area contributed by atoms with Crippen LogP contribution in [0, 0.1) is 19.8 Å². The van der Waals surface area contributed by atoms with E-state index in [9.17, 15) is 5.11 Å². The van der Waals surface area contributed by atoms with Gasteiger partial charge in [-0.15, -0.1) is 0 Å². The zero-order valence-electron chi connectivity index (χ0n) is 12.3. The molecule has 3 nitrogen and oxygen atoms in total. The van der Waals surface area contributed by atoms with Gasteiger partial charge in [0.2, 0.25) is 0 Å². The van der Waals surface area contributed by atoms with Crippen LogP contribution in [0.1, 0.15) is 29.7 Å². The van der Waals surface area contributed by atoms with E-state index in [1.165, 1.54) is 5.56 Å². The van der Waals surface area contributed by atoms with Crippen molar-refractivity contribution in [1.29, 1.82) is 0 Å². The predicted molar refractivity (Wildman–Crippen MR) is 75.1 cm³/mol. The van der Waals surface area contributed by atoms with Crippen molar-refractivity contribution in [2.45, 2.75) is 26.8 Å². The van der Waals surface area contributed by atoms with Crippen LogP contribution in [-0.4, -0.2) is 37.8 Å². The number of ether oxygens (including phenoxy) is 1. The molecule has 0 radical (unpaired) electrons. The SMILES string of the molecule is COc1c(C)cc(C)cc1C(C(C)CO)N(C)C. The molecule has 0 aromatic heterocycles. The summed E-state index contributed by atoms with van der Waals surface area (Å²) in [5.74, 6) is 1.09. The molecule has 18 heavy (non-hydrogen) atoms. The number of aliphatic hydroxyl groups excluding tert-OH is 1. The molecule has 2 atom stereocenters. The maximum Gasteiger partial charge on any atom is 0.126 e. The molecule has 1 N–H and O–H groups in total. The fraction of sp³-hybridized carbons (Fsp3) is 0.600. The Kier molecular flexibility index (Phi) is 5.17. The normalized spacial score (nSPS) is 14.7. The first-order chi connectivity index (χ1) is 8.42. The zero-order valence-corrected chi connectivity index (χ0v) is 12.3. The third-order valence-electron chi connectivity index (χ3n) is 3.35. The lowest BCUT2D eigenvalue weighted by Gasteiger charge is -2.31. The smallest absolute Gasteiger partial charge is 0.126 e. The number of aliphatic hydroxyl groups is 1. The third-order valence-corrected chi connectivity index (χ3v) is 3.35. The van der Waals surface area contributed by atoms with Gasteiger partial charge in [0.1, 0.15) is 5.75 Å². The molecule has 0 aliphatic rings. The predicted octanol–water partition coefficient (Wildman–Crippen LogP) is 2.54. The van der Waals surface area contributed by atoms with E-state index in [1.54, 1.807) is 7.11 Å². The lowest BCUT2D eigenvalue weighted by Crippen LogP contribution is -2.28. The number of benzene rings is 1. The molecule has 0 spiro atoms. The summed E-state index contributed by atoms with van der Waals surface area (Å²) >= 11 is 0. The lowest BCUT2D eigenvalue weighted by molar-refractivity contribution is 0.143. The quantitative estimate of drug-likeness (QED) is 0.873. The molecule has 2 unspecified atom stereocenters. The number of hydrogen-bond acceptors (Lipinski definition) is 3. The molecule has 1 aromatic rings. The highest BCUT2D eigenvalue weighted by molar-refractivity contribution is 5.45. The van der Waals surface area contributed by atoms with Crippen molar-refractivity contribution < 1.29 is 9.84 Å². The van der Waals surface area contributed by atoms with Crippen LogP contribution in [0.15, 0.2) is 12.1 Å². The summed E-state index contributed by atoms with van der Waals surface area (Å²) in [5.41, 5.74) is 3.52. The second kappa shape index (κ2) is 6.21. The minimum absolute atomic E-state index is 0.156. The Hall–Kier alpha value is -1.06. The Morgan fingerprint density at radius 1 is 1.28 bits per heavy atom. The molecule has 0 saturated carbocycles. The van der Waals surface area contributed by atoms with Gasteiger partial charge in [0.25, 0.3) is 0 Å². The van der Waals surface area contributed by atoms with E-state index in [0.29, 0.717) is 0 Å². The molecule has 3 heteroatoms. The number of hydrogen-bond donors (Lipinski definition) is 1. The number of methoxy groups -OCH3 is 1. The molecular formula is C15H25NO2. The Balaban J connectivity index is 3.35. The molecule has 0 saturated heterocycles. The highest BCUT2D eigenvalue weighted by Crippen LogP contribution is 2.36. The molecule has 1 aromatic carbocycles. The van der Waals surface area contributed by atoms with Crippen LogP contribution in [0.2, 0.25) is 0 Å². The van der Waals surface area contributed by atoms with E-state index in [0.717, 1.165) is 16.9 Å². The van der Waals surface area contributed by atoms with Crippen molar-refractivity contribution in [2.24, 2.45) is 5.92 Å². The molecule has 0 fully saturated rings. The summed E-state index contributed by atoms with van der Waals surface area (Å²) in [6.07, 6.45) is 0. The molecule has 0 aliphatic heterocycles. The van der Waals surface area contributed by atoms with Crippen molar-refractivity contribution in [1.82, 2.24) is 4.90 Å². The molecule has 0 heterocycles. The van der Waals surface area contributed by atoms with Crippen LogP contribution >= 0.6 is 0 Å². The summed E-state index contributed by atoms with van der Waals surface area (Å²) in [4.78, 5) is 2.14. The van der Waals surface area contributed by atoms with E-state index >= 15 is 0 Å². The topological polar surface area (TPSA) is 32.7 Å². The number of aryl methyl sites for hydroxylation is 2. The Labute approximate surface area is 110 Å². The van der Waals surface area contributed by atoms with Gasteiger partial charge in [-0.3, -0.25) is 0 Å². The molecule has 0 bridgehead atoms. The van der Waals surface area contributed by atoms with Gasteiger partial charge >= 0.3 is 0 Å². The van der Waals surface area contributed by atoms with Crippen LogP contribution in [0.5, 0.6) is 5.75 Å². The van der Waals surface area contributed by atoms with Crippen LogP contribution in [0.25, 0.3) is 0 Å². The second-order valence-electron chi connectivity index (χ2n) is 5.27. The van der Waals surface area contributed by atoms with Gasteiger partial charge in [-0.1, -0.05) is 24.6 Å². The second-order valence-corrected chi connectivity index (χ2v) is 5.27. The Bertz CT molecular complexity index is 402. The first-order valence-electron chi connectivity index (χ1n) is 6.34. The lowest BCUT2D eigenvalue weighted by atomic mass is 9.91. The van der Waals surface area contributed by atoms with Crippen LogP contribution in [0.3, 0.4) is 0 Å². The summed E-state index contributed by atoms with van der Waals surface area (Å²) in [5, 5.41) is 9.45. The molecular weight excluding hydrogens is 226 g/mol. The summed E-state index contributed by atoms with van der Waals surface area (Å²) in [6, 6.07) is 4.44. The molecule has 0 aliphatic carbocycles. The van der Waals surface area contributed by atoms with Crippen molar-refractivity contribution in [3.63, 3.8) is 0 Å². The first-order valence-corrected chi connectivity index (χ1v) is 6.34. The average molecular weight is 251 g/mol. The highest BCUT2D eigenvalue weighted by Gasteiger charge is 2.25. The minimum atomic E-state index is 0.156. The van der Waals surface area contributed by atoms with Crippen molar-refractivity contribution in [3.8, 4) is 5.75 Å². The summed E-state index contributed by atoms with van der Waals surface area (Å²) < 4.78 is 5.55. The fourth-order valence-electron chi connectivity index (χ4n) is 2.68. The monoisotopic (exact) mass is 251 g/mol. The zero-order chi connectivity index (χ0) is 13.9. The van der Waals surface area contributed by atoms with Crippen LogP contribution < -0.4 is 4.74 Å². The van der Waals surface area contributed by atoms with Gasteiger partial charge in [0, 0.05) is 18.2 Å². The number of nitrogens with zero attached hydrogens (tertiary/aromatic N) is 1. The summed E-state index contributed by atoms with van der Waals surface area (Å²) in [6.45, 7) is 6.37. The maximum atomic E-state index is 9.45. The average Bonchev–Trinajstić information content (AvgIpc) is 2.28. The van der Waals surface area contributed by atoms with Crippen LogP contribution in [0.4, 0.5) is 0 Å². The van der Waals surface area contributed by atoms with Crippen LogP contribution in [-0.2, 0) is 0 Å². The van der Waals surface area contributed by atoms with E-state index in [1.807, 2.05) is 14.1 Å². The van der Waals surface area contributed by atoms with Gasteiger partial charge in [-0.25, -0.2) is 0 Å². The minimum Gasteiger partial charge on any atom is -0.496 e. The van der Waals surface area contributed by atoms with Crippen molar-refractivity contribution in [3.05, 3.63) is 28.8 Å².